The Morgan fingerprint density at radius 3 is 2.50 bits per heavy atom. The van der Waals surface area contributed by atoms with Crippen molar-refractivity contribution in [3.63, 3.8) is 0 Å². The van der Waals surface area contributed by atoms with Crippen molar-refractivity contribution in [2.45, 2.75) is 31.6 Å². The van der Waals surface area contributed by atoms with Crippen LogP contribution in [0.4, 0.5) is 32.0 Å². The largest absolute Gasteiger partial charge is 0.480 e. The second-order valence-corrected chi connectivity index (χ2v) is 11.3. The fraction of sp³-hybridized carbons (Fsp3) is 0.235. The minimum atomic E-state index is -4.75. The lowest BCUT2D eigenvalue weighted by atomic mass is 9.96. The van der Waals surface area contributed by atoms with Gasteiger partial charge in [-0.3, -0.25) is 9.78 Å². The van der Waals surface area contributed by atoms with Crippen LogP contribution in [0.1, 0.15) is 21.5 Å². The summed E-state index contributed by atoms with van der Waals surface area (Å²) in [6.45, 7) is 0.712. The number of amides is 1. The monoisotopic (exact) mass is 668 g/mol. The highest BCUT2D eigenvalue weighted by Gasteiger charge is 2.46. The third kappa shape index (κ3) is 6.35. The van der Waals surface area contributed by atoms with Gasteiger partial charge in [0.05, 0.1) is 29.9 Å². The van der Waals surface area contributed by atoms with Gasteiger partial charge in [-0.05, 0) is 54.4 Å². The van der Waals surface area contributed by atoms with Crippen LogP contribution in [-0.2, 0) is 16.0 Å². The third-order valence-corrected chi connectivity index (χ3v) is 8.23. The minimum Gasteiger partial charge on any atom is -0.480 e. The van der Waals surface area contributed by atoms with Crippen LogP contribution < -0.4 is 10.2 Å². The Hall–Kier alpha value is -5.24. The van der Waals surface area contributed by atoms with E-state index in [1.807, 2.05) is 13.0 Å². The summed E-state index contributed by atoms with van der Waals surface area (Å²) in [5.74, 6) is -6.28. The molecule has 48 heavy (non-hydrogen) atoms. The van der Waals surface area contributed by atoms with Crippen LogP contribution >= 0.6 is 0 Å². The van der Waals surface area contributed by atoms with Crippen LogP contribution in [0.2, 0.25) is 0 Å². The van der Waals surface area contributed by atoms with Gasteiger partial charge in [0, 0.05) is 47.3 Å². The van der Waals surface area contributed by atoms with Gasteiger partial charge < -0.3 is 20.1 Å². The lowest BCUT2D eigenvalue weighted by molar-refractivity contribution is -0.167. The first kappa shape index (κ1) is 32.7. The van der Waals surface area contributed by atoms with E-state index in [4.69, 9.17) is 4.74 Å². The number of pyridine rings is 2. The van der Waals surface area contributed by atoms with Gasteiger partial charge in [0.15, 0.2) is 0 Å². The number of nitrogens with one attached hydrogen (secondary N) is 1. The summed E-state index contributed by atoms with van der Waals surface area (Å²) in [4.78, 5) is 35.1. The van der Waals surface area contributed by atoms with Crippen LogP contribution in [0.3, 0.4) is 0 Å². The highest BCUT2D eigenvalue weighted by atomic mass is 19.4. The molecule has 0 radical (unpaired) electrons. The van der Waals surface area contributed by atoms with E-state index in [1.165, 1.54) is 18.3 Å². The quantitative estimate of drug-likeness (QED) is 0.194. The van der Waals surface area contributed by atoms with Crippen molar-refractivity contribution < 1.29 is 45.8 Å². The highest BCUT2D eigenvalue weighted by molar-refractivity contribution is 5.99. The van der Waals surface area contributed by atoms with Crippen LogP contribution in [-0.4, -0.2) is 65.0 Å². The first-order chi connectivity index (χ1) is 22.8. The summed E-state index contributed by atoms with van der Waals surface area (Å²) in [6, 6.07) is 10.1. The Balaban J connectivity index is 1.29. The number of aryl methyl sites for hydroxylation is 1. The number of aromatic nitrogens is 2. The number of ether oxygens (including phenoxy) is 1. The predicted molar refractivity (Wildman–Crippen MR) is 164 cm³/mol. The fourth-order valence-corrected chi connectivity index (χ4v) is 5.91. The molecule has 5 aromatic rings. The summed E-state index contributed by atoms with van der Waals surface area (Å²) in [7, 11) is 0. The molecule has 0 unspecified atom stereocenters. The maximum atomic E-state index is 15.2. The molecule has 2 N–H and O–H groups in total. The van der Waals surface area contributed by atoms with Crippen molar-refractivity contribution in [3.05, 3.63) is 101 Å². The van der Waals surface area contributed by atoms with Gasteiger partial charge in [-0.1, -0.05) is 18.2 Å². The number of hydrogen-bond acceptors (Lipinski definition) is 6. The van der Waals surface area contributed by atoms with E-state index < -0.39 is 65.4 Å². The molecule has 0 bridgehead atoms. The van der Waals surface area contributed by atoms with E-state index in [0.717, 1.165) is 15.8 Å². The zero-order valence-electron chi connectivity index (χ0n) is 25.1. The van der Waals surface area contributed by atoms with Crippen molar-refractivity contribution in [2.24, 2.45) is 0 Å². The van der Waals surface area contributed by atoms with Gasteiger partial charge in [0.2, 0.25) is 0 Å². The lowest BCUT2D eigenvalue weighted by Gasteiger charge is -2.38. The number of rotatable bonds is 7. The molecule has 1 fully saturated rings. The topological polar surface area (TPSA) is 105 Å². The first-order valence-corrected chi connectivity index (χ1v) is 14.7. The van der Waals surface area contributed by atoms with E-state index in [-0.39, 0.29) is 19.6 Å². The number of benzene rings is 3. The maximum Gasteiger partial charge on any atom is 0.411 e. The van der Waals surface area contributed by atoms with Crippen molar-refractivity contribution in [1.82, 2.24) is 15.3 Å². The van der Waals surface area contributed by atoms with Crippen molar-refractivity contribution in [2.75, 3.05) is 24.7 Å². The van der Waals surface area contributed by atoms with E-state index in [1.54, 1.807) is 30.3 Å². The van der Waals surface area contributed by atoms with Crippen LogP contribution in [0, 0.1) is 24.4 Å². The van der Waals surface area contributed by atoms with Gasteiger partial charge in [-0.25, -0.2) is 22.9 Å². The van der Waals surface area contributed by atoms with Crippen molar-refractivity contribution in [1.29, 1.82) is 0 Å². The molecule has 3 aromatic carbocycles. The molecule has 0 saturated carbocycles. The summed E-state index contributed by atoms with van der Waals surface area (Å²) in [5.41, 5.74) is 1.65. The van der Waals surface area contributed by atoms with Gasteiger partial charge in [-0.15, -0.1) is 0 Å². The molecule has 248 valence electrons. The van der Waals surface area contributed by atoms with Crippen LogP contribution in [0.5, 0.6) is 0 Å². The standard InChI is InChI=1S/C34H26F6N4O4/c1-17-11-26(42-27-13-19(35)5-7-21(17)27)23-6-4-18(22-3-2-8-41-31(22)23)12-28(33(46)47)43-32(45)30-24(36)14-20(15-25(30)37)44-9-10-48-16-29(44)34(38,39)40/h2-8,11,13-15,28-29H,9-10,12,16H2,1H3,(H,43,45)(H,46,47)/t28-,29+/m0/s1. The van der Waals surface area contributed by atoms with E-state index in [9.17, 15) is 32.3 Å². The van der Waals surface area contributed by atoms with Crippen LogP contribution in [0.25, 0.3) is 33.1 Å². The molecule has 6 rings (SSSR count). The number of carbonyl (C=O) groups excluding carboxylic acids is 1. The number of hydrogen-bond donors (Lipinski definition) is 2. The van der Waals surface area contributed by atoms with Gasteiger partial charge in [0.25, 0.3) is 5.91 Å². The predicted octanol–water partition coefficient (Wildman–Crippen LogP) is 6.37. The molecule has 0 aliphatic carbocycles. The first-order valence-electron chi connectivity index (χ1n) is 14.7. The van der Waals surface area contributed by atoms with E-state index in [0.29, 0.717) is 45.4 Å². The zero-order valence-corrected chi connectivity index (χ0v) is 25.1. The van der Waals surface area contributed by atoms with Crippen molar-refractivity contribution in [3.8, 4) is 11.3 Å². The average molecular weight is 669 g/mol. The Bertz CT molecular complexity index is 2050. The summed E-state index contributed by atoms with van der Waals surface area (Å²) < 4.78 is 89.8. The number of halogens is 6. The SMILES string of the molecule is Cc1cc(-c2ccc(C[C@H](NC(=O)c3c(F)cc(N4CCOC[C@@H]4C(F)(F)F)cc3F)C(=O)O)c3cccnc23)nc2cc(F)ccc12. The number of carboxylic acid groups (broad SMARTS) is 1. The molecular formula is C34H26F6N4O4. The molecule has 1 aliphatic rings. The summed E-state index contributed by atoms with van der Waals surface area (Å²) >= 11 is 0. The molecule has 2 aromatic heterocycles. The molecule has 14 heteroatoms. The van der Waals surface area contributed by atoms with Crippen molar-refractivity contribution >= 4 is 39.4 Å². The van der Waals surface area contributed by atoms with Gasteiger partial charge in [0.1, 0.15) is 35.1 Å². The number of carboxylic acids is 1. The average Bonchev–Trinajstić information content (AvgIpc) is 3.03. The molecule has 3 heterocycles. The summed E-state index contributed by atoms with van der Waals surface area (Å²) in [5, 5.41) is 13.4. The second-order valence-electron chi connectivity index (χ2n) is 11.3. The number of anilines is 1. The number of carbonyl (C=O) groups is 2. The number of morpholine rings is 1. The number of fused-ring (bicyclic) bond motifs is 2. The Labute approximate surface area is 269 Å². The van der Waals surface area contributed by atoms with E-state index in [2.05, 4.69) is 15.3 Å². The molecule has 1 aliphatic heterocycles. The maximum absolute atomic E-state index is 15.2. The zero-order chi connectivity index (χ0) is 34.3. The number of alkyl halides is 3. The Kier molecular flexibility index (Phi) is 8.69. The molecular weight excluding hydrogens is 642 g/mol. The summed E-state index contributed by atoms with van der Waals surface area (Å²) in [6.07, 6.45) is -3.54. The van der Waals surface area contributed by atoms with Crippen LogP contribution in [0.15, 0.2) is 66.9 Å². The Morgan fingerprint density at radius 1 is 1.04 bits per heavy atom. The molecule has 1 saturated heterocycles. The molecule has 1 amide bonds. The highest BCUT2D eigenvalue weighted by Crippen LogP contribution is 2.34. The smallest absolute Gasteiger partial charge is 0.411 e. The lowest BCUT2D eigenvalue weighted by Crippen LogP contribution is -2.53. The third-order valence-electron chi connectivity index (χ3n) is 8.23. The fourth-order valence-electron chi connectivity index (χ4n) is 5.91. The second kappa shape index (κ2) is 12.8. The van der Waals surface area contributed by atoms with E-state index >= 15 is 8.78 Å². The van der Waals surface area contributed by atoms with Gasteiger partial charge >= 0.3 is 12.1 Å². The minimum absolute atomic E-state index is 0.109. The van der Waals surface area contributed by atoms with Gasteiger partial charge in [-0.2, -0.15) is 13.2 Å². The molecule has 2 atom stereocenters. The Morgan fingerprint density at radius 2 is 1.79 bits per heavy atom. The number of aliphatic carboxylic acids is 1. The molecule has 8 nitrogen and oxygen atoms in total. The molecule has 0 spiro atoms. The normalized spacial score (nSPS) is 15.9. The number of nitrogens with zero attached hydrogens (tertiary/aromatic N) is 3.